The van der Waals surface area contributed by atoms with Gasteiger partial charge in [-0.05, 0) is 30.0 Å². The van der Waals surface area contributed by atoms with Crippen LogP contribution in [0.5, 0.6) is 0 Å². The second kappa shape index (κ2) is 12.6. The minimum absolute atomic E-state index is 0.0220. The second-order valence-corrected chi connectivity index (χ2v) is 9.05. The average Bonchev–Trinajstić information content (AvgIpc) is 2.79. The van der Waals surface area contributed by atoms with Gasteiger partial charge in [0.2, 0.25) is 5.91 Å². The molecule has 2 aromatic carbocycles. The molecule has 0 aliphatic rings. The summed E-state index contributed by atoms with van der Waals surface area (Å²) in [4.78, 5) is 37.1. The van der Waals surface area contributed by atoms with Crippen molar-refractivity contribution in [2.45, 2.75) is 43.9 Å². The van der Waals surface area contributed by atoms with Gasteiger partial charge in [0.05, 0.1) is 10.8 Å². The largest absolute Gasteiger partial charge is 0.480 e. The van der Waals surface area contributed by atoms with Gasteiger partial charge in [0.1, 0.15) is 18.7 Å². The van der Waals surface area contributed by atoms with Crippen molar-refractivity contribution in [3.63, 3.8) is 0 Å². The number of carbonyl (C=O) groups is 3. The number of aliphatic carboxylic acids is 1. The zero-order valence-electron chi connectivity index (χ0n) is 18.0. The molecule has 32 heavy (non-hydrogen) atoms. The Kier molecular flexibility index (Phi) is 9.87. The smallest absolute Gasteiger partial charge is 0.408 e. The maximum absolute atomic E-state index is 12.7. The van der Waals surface area contributed by atoms with Gasteiger partial charge in [-0.3, -0.25) is 9.00 Å². The molecule has 172 valence electrons. The van der Waals surface area contributed by atoms with E-state index in [1.54, 1.807) is 56.3 Å². The number of hydrogen-bond acceptors (Lipinski definition) is 5. The Balaban J connectivity index is 1.92. The lowest BCUT2D eigenvalue weighted by molar-refractivity contribution is -0.142. The summed E-state index contributed by atoms with van der Waals surface area (Å²) < 4.78 is 17.5. The fourth-order valence-corrected chi connectivity index (χ4v) is 4.01. The first-order valence-corrected chi connectivity index (χ1v) is 11.5. The van der Waals surface area contributed by atoms with Crippen molar-refractivity contribution in [3.05, 3.63) is 66.2 Å². The van der Waals surface area contributed by atoms with E-state index in [0.29, 0.717) is 4.90 Å². The van der Waals surface area contributed by atoms with Crippen molar-refractivity contribution in [1.82, 2.24) is 10.6 Å². The highest BCUT2D eigenvalue weighted by Gasteiger charge is 2.29. The summed E-state index contributed by atoms with van der Waals surface area (Å²) in [5.41, 5.74) is 0.797. The summed E-state index contributed by atoms with van der Waals surface area (Å²) in [7, 11) is -1.39. The summed E-state index contributed by atoms with van der Waals surface area (Å²) in [6.07, 6.45) is -0.800. The highest BCUT2D eigenvalue weighted by molar-refractivity contribution is 7.85. The van der Waals surface area contributed by atoms with E-state index in [9.17, 15) is 23.7 Å². The maximum atomic E-state index is 12.7. The number of amides is 2. The van der Waals surface area contributed by atoms with Crippen molar-refractivity contribution >= 4 is 28.8 Å². The van der Waals surface area contributed by atoms with Gasteiger partial charge in [-0.15, -0.1) is 0 Å². The number of carboxylic acid groups (broad SMARTS) is 1. The number of nitrogens with one attached hydrogen (secondary N) is 2. The number of hydrogen-bond donors (Lipinski definition) is 3. The van der Waals surface area contributed by atoms with Crippen molar-refractivity contribution in [1.29, 1.82) is 0 Å². The van der Waals surface area contributed by atoms with Crippen LogP contribution in [0.15, 0.2) is 65.6 Å². The summed E-state index contributed by atoms with van der Waals surface area (Å²) in [6.45, 7) is 3.49. The first-order chi connectivity index (χ1) is 15.3. The van der Waals surface area contributed by atoms with Crippen molar-refractivity contribution < 1.29 is 28.4 Å². The van der Waals surface area contributed by atoms with Crippen LogP contribution in [0.1, 0.15) is 25.8 Å². The minimum Gasteiger partial charge on any atom is -0.480 e. The third-order valence-corrected chi connectivity index (χ3v) is 6.05. The van der Waals surface area contributed by atoms with E-state index in [2.05, 4.69) is 10.6 Å². The van der Waals surface area contributed by atoms with Crippen molar-refractivity contribution in [2.75, 3.05) is 5.75 Å². The van der Waals surface area contributed by atoms with Crippen LogP contribution in [0, 0.1) is 5.92 Å². The normalized spacial score (nSPS) is 13.6. The van der Waals surface area contributed by atoms with Gasteiger partial charge in [-0.25, -0.2) is 9.59 Å². The van der Waals surface area contributed by atoms with Crippen LogP contribution in [-0.4, -0.2) is 45.1 Å². The number of alkyl carbamates (subject to hydrolysis) is 1. The van der Waals surface area contributed by atoms with E-state index in [1.165, 1.54) is 0 Å². The molecule has 8 nitrogen and oxygen atoms in total. The average molecular weight is 461 g/mol. The van der Waals surface area contributed by atoms with E-state index in [-0.39, 0.29) is 24.7 Å². The monoisotopic (exact) mass is 460 g/mol. The molecule has 3 N–H and O–H groups in total. The zero-order valence-corrected chi connectivity index (χ0v) is 18.8. The molecule has 0 heterocycles. The fourth-order valence-electron chi connectivity index (χ4n) is 2.86. The second-order valence-electron chi connectivity index (χ2n) is 7.48. The lowest BCUT2D eigenvalue weighted by Gasteiger charge is -2.23. The third-order valence-electron chi connectivity index (χ3n) is 4.65. The lowest BCUT2D eigenvalue weighted by atomic mass is 10.0. The van der Waals surface area contributed by atoms with Crippen LogP contribution in [0.2, 0.25) is 0 Å². The molecule has 3 atom stereocenters. The van der Waals surface area contributed by atoms with Gasteiger partial charge in [0.15, 0.2) is 0 Å². The third kappa shape index (κ3) is 8.14. The summed E-state index contributed by atoms with van der Waals surface area (Å²) in [5, 5.41) is 14.4. The molecule has 2 rings (SSSR count). The Morgan fingerprint density at radius 2 is 1.56 bits per heavy atom. The molecule has 0 unspecified atom stereocenters. The van der Waals surface area contributed by atoms with Gasteiger partial charge in [0, 0.05) is 10.6 Å². The molecule has 0 radical (unpaired) electrons. The maximum Gasteiger partial charge on any atom is 0.408 e. The molecule has 2 aromatic rings. The van der Waals surface area contributed by atoms with Crippen LogP contribution in [-0.2, 0) is 31.7 Å². The Bertz CT molecular complexity index is 921. The van der Waals surface area contributed by atoms with Crippen LogP contribution in [0.3, 0.4) is 0 Å². The predicted molar refractivity (Wildman–Crippen MR) is 120 cm³/mol. The number of carbonyl (C=O) groups excluding carboxylic acids is 2. The lowest BCUT2D eigenvalue weighted by Crippen LogP contribution is -2.54. The fraction of sp³-hybridized carbons (Fsp3) is 0.348. The van der Waals surface area contributed by atoms with Crippen molar-refractivity contribution in [2.24, 2.45) is 5.92 Å². The van der Waals surface area contributed by atoms with Crippen molar-refractivity contribution in [3.8, 4) is 0 Å². The van der Waals surface area contributed by atoms with E-state index in [4.69, 9.17) is 4.74 Å². The molecule has 0 fully saturated rings. The van der Waals surface area contributed by atoms with Crippen LogP contribution >= 0.6 is 0 Å². The molecule has 0 spiro atoms. The first kappa shape index (κ1) is 25.1. The summed E-state index contributed by atoms with van der Waals surface area (Å²) in [5.74, 6) is -2.13. The molecule has 0 bridgehead atoms. The summed E-state index contributed by atoms with van der Waals surface area (Å²) in [6, 6.07) is 15.6. The molecule has 2 amide bonds. The molecule has 0 aliphatic carbocycles. The first-order valence-electron chi connectivity index (χ1n) is 10.2. The predicted octanol–water partition coefficient (Wildman–Crippen LogP) is 2.70. The minimum atomic E-state index is -1.39. The van der Waals surface area contributed by atoms with Crippen LogP contribution in [0.25, 0.3) is 0 Å². The topological polar surface area (TPSA) is 122 Å². The van der Waals surface area contributed by atoms with Gasteiger partial charge < -0.3 is 20.5 Å². The van der Waals surface area contributed by atoms with Crippen LogP contribution < -0.4 is 10.6 Å². The Labute approximate surface area is 189 Å². The van der Waals surface area contributed by atoms with E-state index >= 15 is 0 Å². The number of benzene rings is 2. The Hall–Kier alpha value is -3.20. The standard InChI is InChI=1S/C23H28N2O6S/c1-16(2)20(25-23(29)31-15-17-9-5-3-6-10-17)21(26)24-19(22(27)28)13-14-32(30)18-11-7-4-8-12-18/h3-12,16,19-20H,13-15H2,1-2H3,(H,24,26)(H,25,29)(H,27,28)/t19-,20-,32-/m0/s1. The Morgan fingerprint density at radius 1 is 0.969 bits per heavy atom. The van der Waals surface area contributed by atoms with Gasteiger partial charge in [-0.1, -0.05) is 62.4 Å². The molecule has 9 heteroatoms. The molecular formula is C23H28N2O6S. The van der Waals surface area contributed by atoms with Gasteiger partial charge in [-0.2, -0.15) is 0 Å². The number of ether oxygens (including phenoxy) is 1. The van der Waals surface area contributed by atoms with Gasteiger partial charge in [0.25, 0.3) is 0 Å². The number of rotatable bonds is 11. The molecule has 0 aliphatic heterocycles. The van der Waals surface area contributed by atoms with E-state index in [1.807, 2.05) is 18.2 Å². The molecular weight excluding hydrogens is 432 g/mol. The Morgan fingerprint density at radius 3 is 2.12 bits per heavy atom. The highest BCUT2D eigenvalue weighted by Crippen LogP contribution is 2.09. The van der Waals surface area contributed by atoms with E-state index < -0.39 is 40.9 Å². The zero-order chi connectivity index (χ0) is 23.5. The van der Waals surface area contributed by atoms with E-state index in [0.717, 1.165) is 5.56 Å². The van der Waals surface area contributed by atoms with Gasteiger partial charge >= 0.3 is 12.1 Å². The molecule has 0 saturated heterocycles. The quantitative estimate of drug-likeness (QED) is 0.474. The number of carboxylic acids is 1. The molecule has 0 saturated carbocycles. The highest BCUT2D eigenvalue weighted by atomic mass is 32.2. The molecule has 0 aromatic heterocycles. The van der Waals surface area contributed by atoms with Crippen LogP contribution in [0.4, 0.5) is 4.79 Å². The SMILES string of the molecule is CC(C)[C@H](NC(=O)OCc1ccccc1)C(=O)N[C@@H](CC[S@](=O)c1ccccc1)C(=O)O. The summed E-state index contributed by atoms with van der Waals surface area (Å²) >= 11 is 0.